The van der Waals surface area contributed by atoms with Crippen LogP contribution in [-0.2, 0) is 33.8 Å². The number of hydrogen-bond donors (Lipinski definition) is 4. The summed E-state index contributed by atoms with van der Waals surface area (Å²) in [6.45, 7) is 12.4. The number of benzene rings is 3. The zero-order valence-electron chi connectivity index (χ0n) is 37.7. The van der Waals surface area contributed by atoms with Gasteiger partial charge < -0.3 is 39.8 Å². The first-order valence-corrected chi connectivity index (χ1v) is 21.4. The third-order valence-electron chi connectivity index (χ3n) is 11.1. The third-order valence-corrected chi connectivity index (χ3v) is 11.1. The Morgan fingerprint density at radius 3 is 2.19 bits per heavy atom. The highest BCUT2D eigenvalue weighted by molar-refractivity contribution is 5.88. The second kappa shape index (κ2) is 22.2. The van der Waals surface area contributed by atoms with Crippen molar-refractivity contribution >= 4 is 23.9 Å². The van der Waals surface area contributed by atoms with Crippen molar-refractivity contribution in [3.05, 3.63) is 120 Å². The molecule has 15 heteroatoms. The van der Waals surface area contributed by atoms with Crippen LogP contribution in [0.15, 0.2) is 97.1 Å². The number of methoxy groups -OCH3 is 2. The lowest BCUT2D eigenvalue weighted by Crippen LogP contribution is -2.60. The lowest BCUT2D eigenvalue weighted by Gasteiger charge is -2.36. The summed E-state index contributed by atoms with van der Waals surface area (Å²) in [5.74, 6) is 0.695. The van der Waals surface area contributed by atoms with E-state index >= 15 is 0 Å². The summed E-state index contributed by atoms with van der Waals surface area (Å²) >= 11 is 0. The molecule has 0 bridgehead atoms. The van der Waals surface area contributed by atoms with Gasteiger partial charge in [-0.25, -0.2) is 14.6 Å². The van der Waals surface area contributed by atoms with Crippen LogP contribution < -0.4 is 25.5 Å². The van der Waals surface area contributed by atoms with Crippen LogP contribution in [0, 0.1) is 18.3 Å². The van der Waals surface area contributed by atoms with E-state index in [-0.39, 0.29) is 37.4 Å². The molecule has 5 atom stereocenters. The number of aliphatic hydroxyl groups is 1. The number of ether oxygens (including phenoxy) is 3. The van der Waals surface area contributed by atoms with Crippen LogP contribution in [0.4, 0.5) is 9.59 Å². The van der Waals surface area contributed by atoms with E-state index in [0.29, 0.717) is 43.3 Å². The topological polar surface area (TPSA) is 175 Å². The standard InChI is InChI=1S/C48H63N7O8/c1-9-32(2)42(55-26-25-53(47(55)60)30-36-19-13-15-33(3)49-36)44(57)50-40(28-34-16-11-10-12-17-34)41(56)31-54(52-45(58)43(48(4,5)6)51-46(59)62-8)29-35-18-14-20-39(27-35)63-38-23-21-37(61-7)22-24-38/h10-24,27,32,40-43,56H,9,25-26,28-31H2,1-8H3,(H,50,57)(H,51,59)(H,52,58). The van der Waals surface area contributed by atoms with Crippen LogP contribution in [0.5, 0.6) is 17.2 Å². The number of carbonyl (C=O) groups is 4. The van der Waals surface area contributed by atoms with E-state index in [9.17, 15) is 24.3 Å². The zero-order valence-corrected chi connectivity index (χ0v) is 37.7. The van der Waals surface area contributed by atoms with E-state index in [1.54, 1.807) is 46.2 Å². The number of aryl methyl sites for hydroxylation is 1. The molecular formula is C48H63N7O8. The van der Waals surface area contributed by atoms with Gasteiger partial charge in [0, 0.05) is 31.9 Å². The van der Waals surface area contributed by atoms with E-state index in [1.807, 2.05) is 114 Å². The SMILES string of the molecule is CCC(C)C(C(=O)NC(Cc1ccccc1)C(O)CN(Cc1cccc(Oc2ccc(OC)cc2)c1)NC(=O)C(NC(=O)OC)C(C)(C)C)N1CCN(Cc2cccc(C)n2)C1=O. The predicted molar refractivity (Wildman–Crippen MR) is 240 cm³/mol. The Balaban J connectivity index is 1.42. The normalized spacial score (nSPS) is 15.2. The number of nitrogens with one attached hydrogen (secondary N) is 3. The Bertz CT molecular complexity index is 2130. The molecule has 1 aliphatic heterocycles. The average Bonchev–Trinajstić information content (AvgIpc) is 3.60. The van der Waals surface area contributed by atoms with Crippen molar-refractivity contribution in [3.63, 3.8) is 0 Å². The molecule has 4 aromatic rings. The summed E-state index contributed by atoms with van der Waals surface area (Å²) in [4.78, 5) is 63.0. The number of aliphatic hydroxyl groups excluding tert-OH is 1. The van der Waals surface area contributed by atoms with Gasteiger partial charge in [0.05, 0.1) is 38.6 Å². The first-order valence-electron chi connectivity index (χ1n) is 21.4. The maximum Gasteiger partial charge on any atom is 0.407 e. The van der Waals surface area contributed by atoms with Gasteiger partial charge in [-0.05, 0) is 84.3 Å². The second-order valence-electron chi connectivity index (χ2n) is 17.1. The van der Waals surface area contributed by atoms with E-state index in [1.165, 1.54) is 7.11 Å². The van der Waals surface area contributed by atoms with Gasteiger partial charge in [-0.2, -0.15) is 0 Å². The van der Waals surface area contributed by atoms with E-state index in [2.05, 4.69) is 21.0 Å². The Kier molecular flexibility index (Phi) is 16.9. The van der Waals surface area contributed by atoms with E-state index < -0.39 is 41.6 Å². The maximum absolute atomic E-state index is 14.6. The molecule has 15 nitrogen and oxygen atoms in total. The van der Waals surface area contributed by atoms with Crippen molar-refractivity contribution < 1.29 is 38.5 Å². The second-order valence-corrected chi connectivity index (χ2v) is 17.1. The minimum atomic E-state index is -1.24. The van der Waals surface area contributed by atoms with Gasteiger partial charge in [0.1, 0.15) is 29.3 Å². The molecule has 338 valence electrons. The highest BCUT2D eigenvalue weighted by atomic mass is 16.5. The van der Waals surface area contributed by atoms with Crippen molar-refractivity contribution in [2.45, 2.75) is 91.7 Å². The number of nitrogens with zero attached hydrogens (tertiary/aromatic N) is 4. The third kappa shape index (κ3) is 13.6. The first-order chi connectivity index (χ1) is 30.1. The molecule has 5 amide bonds. The molecule has 0 aliphatic carbocycles. The van der Waals surface area contributed by atoms with Gasteiger partial charge in [0.25, 0.3) is 5.91 Å². The van der Waals surface area contributed by atoms with Crippen LogP contribution >= 0.6 is 0 Å². The first kappa shape index (κ1) is 47.9. The smallest absolute Gasteiger partial charge is 0.407 e. The molecule has 1 saturated heterocycles. The van der Waals surface area contributed by atoms with Crippen LogP contribution in [-0.4, -0.2) is 107 Å². The minimum absolute atomic E-state index is 0.104. The quantitative estimate of drug-likeness (QED) is 0.0746. The van der Waals surface area contributed by atoms with E-state index in [0.717, 1.165) is 22.5 Å². The predicted octanol–water partition coefficient (Wildman–Crippen LogP) is 6.24. The Morgan fingerprint density at radius 2 is 1.54 bits per heavy atom. The lowest BCUT2D eigenvalue weighted by molar-refractivity contribution is -0.132. The number of amides is 5. The average molecular weight is 866 g/mol. The summed E-state index contributed by atoms with van der Waals surface area (Å²) in [7, 11) is 2.82. The summed E-state index contributed by atoms with van der Waals surface area (Å²) in [6.07, 6.45) is -1.14. The van der Waals surface area contributed by atoms with Gasteiger partial charge >= 0.3 is 12.1 Å². The van der Waals surface area contributed by atoms with Crippen molar-refractivity contribution in [2.75, 3.05) is 33.9 Å². The Morgan fingerprint density at radius 1 is 0.857 bits per heavy atom. The molecule has 63 heavy (non-hydrogen) atoms. The summed E-state index contributed by atoms with van der Waals surface area (Å²) < 4.78 is 16.3. The summed E-state index contributed by atoms with van der Waals surface area (Å²) in [5, 5.41) is 19.6. The fourth-order valence-electron chi connectivity index (χ4n) is 7.52. The fourth-order valence-corrected chi connectivity index (χ4v) is 7.52. The Hall–Kier alpha value is -6.19. The van der Waals surface area contributed by atoms with Crippen LogP contribution in [0.1, 0.15) is 63.6 Å². The van der Waals surface area contributed by atoms with Gasteiger partial charge in [0.15, 0.2) is 0 Å². The summed E-state index contributed by atoms with van der Waals surface area (Å²) in [5.41, 5.74) is 5.44. The number of rotatable bonds is 20. The molecule has 1 fully saturated rings. The molecule has 1 aromatic heterocycles. The Labute approximate surface area is 371 Å². The number of pyridine rings is 1. The van der Waals surface area contributed by atoms with Gasteiger partial charge in [-0.1, -0.05) is 89.6 Å². The van der Waals surface area contributed by atoms with Crippen LogP contribution in [0.3, 0.4) is 0 Å². The molecule has 0 spiro atoms. The molecule has 2 heterocycles. The molecule has 3 aromatic carbocycles. The van der Waals surface area contributed by atoms with Crippen molar-refractivity contribution in [1.29, 1.82) is 0 Å². The minimum Gasteiger partial charge on any atom is -0.497 e. The van der Waals surface area contributed by atoms with Crippen molar-refractivity contribution in [1.82, 2.24) is 35.9 Å². The lowest BCUT2D eigenvalue weighted by atomic mass is 9.86. The van der Waals surface area contributed by atoms with Crippen molar-refractivity contribution in [2.24, 2.45) is 11.3 Å². The molecule has 5 unspecified atom stereocenters. The van der Waals surface area contributed by atoms with Gasteiger partial charge in [-0.3, -0.25) is 20.0 Å². The zero-order chi connectivity index (χ0) is 45.7. The molecule has 1 aliphatic rings. The highest BCUT2D eigenvalue weighted by Gasteiger charge is 2.41. The highest BCUT2D eigenvalue weighted by Crippen LogP contribution is 2.27. The summed E-state index contributed by atoms with van der Waals surface area (Å²) in [6, 6.07) is 26.8. The largest absolute Gasteiger partial charge is 0.497 e. The van der Waals surface area contributed by atoms with Gasteiger partial charge in [-0.15, -0.1) is 0 Å². The number of carbonyl (C=O) groups excluding carboxylic acids is 4. The van der Waals surface area contributed by atoms with Crippen LogP contribution in [0.25, 0.3) is 0 Å². The molecule has 0 radical (unpaired) electrons. The fraction of sp³-hybridized carbons (Fsp3) is 0.438. The van der Waals surface area contributed by atoms with Gasteiger partial charge in [0.2, 0.25) is 5.91 Å². The maximum atomic E-state index is 14.6. The molecule has 0 saturated carbocycles. The number of urea groups is 1. The number of hydrogen-bond acceptors (Lipinski definition) is 10. The molecule has 4 N–H and O–H groups in total. The molecule has 5 rings (SSSR count). The van der Waals surface area contributed by atoms with Crippen LogP contribution in [0.2, 0.25) is 0 Å². The van der Waals surface area contributed by atoms with Crippen molar-refractivity contribution in [3.8, 4) is 17.2 Å². The number of hydrazine groups is 1. The monoisotopic (exact) mass is 865 g/mol. The molecular weight excluding hydrogens is 803 g/mol. The van der Waals surface area contributed by atoms with E-state index in [4.69, 9.17) is 14.2 Å². The number of alkyl carbamates (subject to hydrolysis) is 1. The number of aromatic nitrogens is 1.